The summed E-state index contributed by atoms with van der Waals surface area (Å²) in [5.41, 5.74) is 0.142. The summed E-state index contributed by atoms with van der Waals surface area (Å²) in [6, 6.07) is 10.6. The molecule has 9 atom stereocenters. The van der Waals surface area contributed by atoms with E-state index in [9.17, 15) is 61.3 Å². The molecular formula is C35H34O16. The van der Waals surface area contributed by atoms with Crippen molar-refractivity contribution < 1.29 is 80.2 Å². The Morgan fingerprint density at radius 3 is 1.86 bits per heavy atom. The number of phenolic OH excluding ortho intramolecular Hbond substituents is 7. The van der Waals surface area contributed by atoms with E-state index < -0.39 is 102 Å². The molecule has 0 bridgehead atoms. The van der Waals surface area contributed by atoms with Crippen LogP contribution in [-0.4, -0.2) is 105 Å². The summed E-state index contributed by atoms with van der Waals surface area (Å²) in [5, 5.41) is 128. The first-order valence-corrected chi connectivity index (χ1v) is 15.7. The van der Waals surface area contributed by atoms with Crippen LogP contribution in [0.2, 0.25) is 0 Å². The number of hydrogen-bond donors (Lipinski definition) is 12. The average Bonchev–Trinajstić information content (AvgIpc) is 3.08. The predicted molar refractivity (Wildman–Crippen MR) is 170 cm³/mol. The van der Waals surface area contributed by atoms with E-state index in [-0.39, 0.29) is 51.5 Å². The summed E-state index contributed by atoms with van der Waals surface area (Å²) in [5.74, 6) is -5.52. The number of benzene rings is 4. The second-order valence-corrected chi connectivity index (χ2v) is 12.7. The number of aliphatic hydroxyl groups excluding tert-OH is 5. The van der Waals surface area contributed by atoms with E-state index in [1.165, 1.54) is 18.2 Å². The number of fused-ring (bicyclic) bond motifs is 2. The number of phenols is 7. The highest BCUT2D eigenvalue weighted by atomic mass is 16.7. The molecule has 9 unspecified atom stereocenters. The van der Waals surface area contributed by atoms with Crippen molar-refractivity contribution in [2.24, 2.45) is 0 Å². The minimum Gasteiger partial charge on any atom is -0.508 e. The molecule has 7 rings (SSSR count). The average molecular weight is 711 g/mol. The van der Waals surface area contributed by atoms with Crippen LogP contribution in [0.25, 0.3) is 0 Å². The second kappa shape index (κ2) is 12.8. The quantitative estimate of drug-likeness (QED) is 0.129. The molecule has 12 N–H and O–H groups in total. The third-order valence-electron chi connectivity index (χ3n) is 9.35. The molecule has 0 radical (unpaired) electrons. The molecule has 4 aromatic carbocycles. The van der Waals surface area contributed by atoms with Crippen molar-refractivity contribution in [3.05, 3.63) is 82.4 Å². The Morgan fingerprint density at radius 1 is 0.569 bits per heavy atom. The lowest BCUT2D eigenvalue weighted by atomic mass is 9.77. The highest BCUT2D eigenvalue weighted by Gasteiger charge is 2.48. The molecule has 270 valence electrons. The molecule has 3 aliphatic rings. The van der Waals surface area contributed by atoms with Crippen LogP contribution in [0.3, 0.4) is 0 Å². The zero-order chi connectivity index (χ0) is 36.5. The minimum absolute atomic E-state index is 0.0157. The fourth-order valence-electron chi connectivity index (χ4n) is 6.80. The van der Waals surface area contributed by atoms with Crippen LogP contribution < -0.4 is 14.2 Å². The van der Waals surface area contributed by atoms with Gasteiger partial charge >= 0.3 is 0 Å². The monoisotopic (exact) mass is 710 g/mol. The van der Waals surface area contributed by atoms with Gasteiger partial charge in [-0.3, -0.25) is 0 Å². The standard InChI is InChI=1S/C35H34O16/c36-14-7-21(42)26-24(8-14)49-33(13-2-4-17(38)20(41)6-13)30(46)28(26)27-25(50-35-31(47)29(45)23(44)11-48-35)10-18(39)15-9-22(43)32(51-34(15)27)12-1-3-16(37)19(40)5-12/h1-8,10,22-23,28-33,35-47H,9,11H2. The summed E-state index contributed by atoms with van der Waals surface area (Å²) in [6.07, 6.45) is -12.6. The Bertz CT molecular complexity index is 1980. The first-order chi connectivity index (χ1) is 24.2. The molecular weight excluding hydrogens is 676 g/mol. The van der Waals surface area contributed by atoms with Crippen LogP contribution in [-0.2, 0) is 11.2 Å². The second-order valence-electron chi connectivity index (χ2n) is 12.7. The van der Waals surface area contributed by atoms with Gasteiger partial charge in [-0.1, -0.05) is 12.1 Å². The summed E-state index contributed by atoms with van der Waals surface area (Å²) in [6.45, 7) is -0.459. The van der Waals surface area contributed by atoms with E-state index in [2.05, 4.69) is 0 Å². The van der Waals surface area contributed by atoms with Crippen molar-refractivity contribution >= 4 is 0 Å². The van der Waals surface area contributed by atoms with Gasteiger partial charge in [0, 0.05) is 41.3 Å². The van der Waals surface area contributed by atoms with Crippen molar-refractivity contribution in [3.63, 3.8) is 0 Å². The molecule has 0 amide bonds. The van der Waals surface area contributed by atoms with E-state index >= 15 is 0 Å². The lowest BCUT2D eigenvalue weighted by Crippen LogP contribution is -2.54. The van der Waals surface area contributed by atoms with Gasteiger partial charge < -0.3 is 80.2 Å². The molecule has 16 nitrogen and oxygen atoms in total. The van der Waals surface area contributed by atoms with Gasteiger partial charge in [0.2, 0.25) is 6.29 Å². The summed E-state index contributed by atoms with van der Waals surface area (Å²) < 4.78 is 23.9. The molecule has 51 heavy (non-hydrogen) atoms. The first-order valence-electron chi connectivity index (χ1n) is 15.7. The predicted octanol–water partition coefficient (Wildman–Crippen LogP) is 1.11. The van der Waals surface area contributed by atoms with Gasteiger partial charge in [0.15, 0.2) is 29.1 Å². The molecule has 4 aromatic rings. The minimum atomic E-state index is -1.82. The summed E-state index contributed by atoms with van der Waals surface area (Å²) in [7, 11) is 0. The Morgan fingerprint density at radius 2 is 1.22 bits per heavy atom. The summed E-state index contributed by atoms with van der Waals surface area (Å²) >= 11 is 0. The van der Waals surface area contributed by atoms with E-state index in [0.717, 1.165) is 36.4 Å². The SMILES string of the molecule is Oc1cc(O)c2c(c1)OC(c1ccc(O)c(O)c1)C(O)C2c1c(OC2OCC(O)C(O)C2O)cc(O)c2c1OC(c1ccc(O)c(O)c1)C(O)C2. The number of aromatic hydroxyl groups is 7. The van der Waals surface area contributed by atoms with Gasteiger partial charge in [0.05, 0.1) is 18.6 Å². The number of aliphatic hydroxyl groups is 5. The molecule has 1 fully saturated rings. The lowest BCUT2D eigenvalue weighted by Gasteiger charge is -2.41. The molecule has 0 aromatic heterocycles. The molecule has 3 heterocycles. The number of ether oxygens (including phenoxy) is 4. The maximum atomic E-state index is 12.2. The molecule has 0 aliphatic carbocycles. The Balaban J connectivity index is 1.46. The third-order valence-corrected chi connectivity index (χ3v) is 9.35. The zero-order valence-corrected chi connectivity index (χ0v) is 26.3. The molecule has 16 heteroatoms. The normalized spacial score (nSPS) is 28.5. The maximum Gasteiger partial charge on any atom is 0.228 e. The van der Waals surface area contributed by atoms with Crippen LogP contribution in [0.1, 0.15) is 45.9 Å². The largest absolute Gasteiger partial charge is 0.508 e. The van der Waals surface area contributed by atoms with Gasteiger partial charge in [-0.15, -0.1) is 0 Å². The lowest BCUT2D eigenvalue weighted by molar-refractivity contribution is -0.242. The topological polar surface area (TPSA) is 280 Å². The van der Waals surface area contributed by atoms with E-state index in [0.29, 0.717) is 0 Å². The number of hydrogen-bond acceptors (Lipinski definition) is 16. The molecule has 0 saturated carbocycles. The Kier molecular flexibility index (Phi) is 8.53. The van der Waals surface area contributed by atoms with Crippen LogP contribution in [0, 0.1) is 0 Å². The Hall–Kier alpha value is -5.36. The van der Waals surface area contributed by atoms with E-state index in [4.69, 9.17) is 18.9 Å². The number of rotatable bonds is 5. The smallest absolute Gasteiger partial charge is 0.228 e. The van der Waals surface area contributed by atoms with E-state index in [1.54, 1.807) is 0 Å². The van der Waals surface area contributed by atoms with Gasteiger partial charge in [-0.05, 0) is 35.4 Å². The van der Waals surface area contributed by atoms with Gasteiger partial charge in [0.1, 0.15) is 65.0 Å². The maximum absolute atomic E-state index is 12.2. The van der Waals surface area contributed by atoms with Crippen molar-refractivity contribution in [3.8, 4) is 57.5 Å². The van der Waals surface area contributed by atoms with Crippen LogP contribution in [0.4, 0.5) is 0 Å². The van der Waals surface area contributed by atoms with Crippen molar-refractivity contribution in [2.75, 3.05) is 6.61 Å². The highest BCUT2D eigenvalue weighted by molar-refractivity contribution is 5.66. The highest BCUT2D eigenvalue weighted by Crippen LogP contribution is 2.57. The fraction of sp³-hybridized carbons (Fsp3) is 0.314. The van der Waals surface area contributed by atoms with Crippen molar-refractivity contribution in [1.82, 2.24) is 0 Å². The first kappa shape index (κ1) is 34.1. The Labute approximate surface area is 288 Å². The summed E-state index contributed by atoms with van der Waals surface area (Å²) in [4.78, 5) is 0. The molecule has 1 saturated heterocycles. The van der Waals surface area contributed by atoms with Crippen LogP contribution in [0.15, 0.2) is 54.6 Å². The fourth-order valence-corrected chi connectivity index (χ4v) is 6.80. The van der Waals surface area contributed by atoms with Crippen LogP contribution >= 0.6 is 0 Å². The van der Waals surface area contributed by atoms with Crippen LogP contribution in [0.5, 0.6) is 57.5 Å². The van der Waals surface area contributed by atoms with Gasteiger partial charge in [0.25, 0.3) is 0 Å². The van der Waals surface area contributed by atoms with Gasteiger partial charge in [-0.2, -0.15) is 0 Å². The zero-order valence-electron chi connectivity index (χ0n) is 26.3. The van der Waals surface area contributed by atoms with Gasteiger partial charge in [-0.25, -0.2) is 0 Å². The van der Waals surface area contributed by atoms with Crippen molar-refractivity contribution in [1.29, 1.82) is 0 Å². The van der Waals surface area contributed by atoms with E-state index in [1.807, 2.05) is 0 Å². The molecule has 3 aliphatic heterocycles. The molecule has 0 spiro atoms. The third kappa shape index (κ3) is 5.86. The van der Waals surface area contributed by atoms with Crippen molar-refractivity contribution in [2.45, 2.75) is 61.4 Å².